The van der Waals surface area contributed by atoms with Gasteiger partial charge in [-0.25, -0.2) is 4.98 Å². The highest BCUT2D eigenvalue weighted by atomic mass is 32.2. The van der Waals surface area contributed by atoms with E-state index in [1.807, 2.05) is 24.3 Å². The van der Waals surface area contributed by atoms with Crippen LogP contribution in [0.4, 0.5) is 5.69 Å². The predicted molar refractivity (Wildman–Crippen MR) is 73.9 cm³/mol. The molecule has 0 aliphatic carbocycles. The minimum Gasteiger partial charge on any atom is -0.330 e. The smallest absolute Gasteiger partial charge is 0.224 e. The van der Waals surface area contributed by atoms with Crippen molar-refractivity contribution in [2.45, 2.75) is 22.9 Å². The van der Waals surface area contributed by atoms with E-state index in [4.69, 9.17) is 5.73 Å². The molecule has 0 radical (unpaired) electrons. The molecule has 0 saturated heterocycles. The van der Waals surface area contributed by atoms with E-state index < -0.39 is 0 Å². The number of anilines is 1. The average Bonchev–Trinajstić information content (AvgIpc) is 2.91. The molecule has 6 nitrogen and oxygen atoms in total. The van der Waals surface area contributed by atoms with E-state index in [0.717, 1.165) is 15.7 Å². The summed E-state index contributed by atoms with van der Waals surface area (Å²) in [4.78, 5) is 16.6. The number of hydrogen-bond donors (Lipinski definition) is 3. The van der Waals surface area contributed by atoms with Gasteiger partial charge in [0, 0.05) is 17.0 Å². The Morgan fingerprint density at radius 2 is 2.16 bits per heavy atom. The van der Waals surface area contributed by atoms with Crippen molar-refractivity contribution >= 4 is 23.4 Å². The largest absolute Gasteiger partial charge is 0.330 e. The third kappa shape index (κ3) is 4.38. The second-order valence-electron chi connectivity index (χ2n) is 3.86. The van der Waals surface area contributed by atoms with Crippen molar-refractivity contribution in [3.63, 3.8) is 0 Å². The van der Waals surface area contributed by atoms with E-state index >= 15 is 0 Å². The molecule has 0 bridgehead atoms. The Labute approximate surface area is 115 Å². The maximum absolute atomic E-state index is 11.5. The van der Waals surface area contributed by atoms with E-state index in [0.29, 0.717) is 19.4 Å². The third-order valence-electron chi connectivity index (χ3n) is 2.35. The first-order valence-corrected chi connectivity index (χ1v) is 6.73. The molecular formula is C12H15N5OS. The molecule has 0 aliphatic heterocycles. The fraction of sp³-hybridized carbons (Fsp3) is 0.250. The number of aromatic nitrogens is 3. The summed E-state index contributed by atoms with van der Waals surface area (Å²) in [5.41, 5.74) is 6.14. The maximum atomic E-state index is 11.5. The summed E-state index contributed by atoms with van der Waals surface area (Å²) in [6.45, 7) is 0.528. The molecule has 19 heavy (non-hydrogen) atoms. The fourth-order valence-corrected chi connectivity index (χ4v) is 2.14. The Morgan fingerprint density at radius 3 is 2.79 bits per heavy atom. The lowest BCUT2D eigenvalue weighted by Crippen LogP contribution is -2.13. The van der Waals surface area contributed by atoms with Crippen LogP contribution in [-0.4, -0.2) is 27.6 Å². The molecule has 4 N–H and O–H groups in total. The fourth-order valence-electron chi connectivity index (χ4n) is 1.45. The Hall–Kier alpha value is -1.86. The lowest BCUT2D eigenvalue weighted by Gasteiger charge is -2.05. The molecule has 0 aliphatic rings. The van der Waals surface area contributed by atoms with Gasteiger partial charge in [-0.2, -0.15) is 5.10 Å². The van der Waals surface area contributed by atoms with Gasteiger partial charge in [-0.05, 0) is 37.2 Å². The molecule has 100 valence electrons. The van der Waals surface area contributed by atoms with Gasteiger partial charge in [0.2, 0.25) is 5.91 Å². The second-order valence-corrected chi connectivity index (χ2v) is 4.92. The van der Waals surface area contributed by atoms with Crippen molar-refractivity contribution in [2.24, 2.45) is 5.73 Å². The summed E-state index contributed by atoms with van der Waals surface area (Å²) in [7, 11) is 0. The number of carbonyl (C=O) groups excluding carboxylic acids is 1. The van der Waals surface area contributed by atoms with E-state index in [2.05, 4.69) is 20.5 Å². The minimum absolute atomic E-state index is 0.0129. The summed E-state index contributed by atoms with van der Waals surface area (Å²) >= 11 is 1.48. The zero-order valence-electron chi connectivity index (χ0n) is 10.3. The molecule has 2 rings (SSSR count). The van der Waals surface area contributed by atoms with Crippen LogP contribution < -0.4 is 11.1 Å². The number of rotatable bonds is 6. The van der Waals surface area contributed by atoms with Crippen LogP contribution in [0.15, 0.2) is 40.6 Å². The molecular weight excluding hydrogens is 262 g/mol. The second kappa shape index (κ2) is 6.91. The zero-order valence-corrected chi connectivity index (χ0v) is 11.1. The number of benzene rings is 1. The van der Waals surface area contributed by atoms with Crippen LogP contribution in [-0.2, 0) is 4.79 Å². The summed E-state index contributed by atoms with van der Waals surface area (Å²) in [6.07, 6.45) is 2.62. The van der Waals surface area contributed by atoms with Gasteiger partial charge in [-0.3, -0.25) is 9.89 Å². The summed E-state index contributed by atoms with van der Waals surface area (Å²) in [6, 6.07) is 7.57. The predicted octanol–water partition coefficient (Wildman–Crippen LogP) is 1.63. The minimum atomic E-state index is -0.0129. The number of nitrogens with zero attached hydrogens (tertiary/aromatic N) is 2. The van der Waals surface area contributed by atoms with Crippen LogP contribution in [0.2, 0.25) is 0 Å². The summed E-state index contributed by atoms with van der Waals surface area (Å²) in [5.74, 6) is -0.0129. The van der Waals surface area contributed by atoms with Gasteiger partial charge in [0.25, 0.3) is 0 Å². The van der Waals surface area contributed by atoms with Gasteiger partial charge in [0.1, 0.15) is 6.33 Å². The highest BCUT2D eigenvalue weighted by molar-refractivity contribution is 7.99. The number of H-pyrrole nitrogens is 1. The van der Waals surface area contributed by atoms with E-state index in [1.54, 1.807) is 0 Å². The van der Waals surface area contributed by atoms with Crippen LogP contribution in [0, 0.1) is 0 Å². The average molecular weight is 277 g/mol. The SMILES string of the molecule is NCCCC(=O)Nc1ccc(Sc2ncn[nH]2)cc1. The van der Waals surface area contributed by atoms with Crippen LogP contribution in [0.1, 0.15) is 12.8 Å². The molecule has 7 heteroatoms. The first-order valence-electron chi connectivity index (χ1n) is 5.91. The molecule has 2 aromatic rings. The van der Waals surface area contributed by atoms with Crippen LogP contribution in [0.25, 0.3) is 0 Å². The van der Waals surface area contributed by atoms with Crippen molar-refractivity contribution in [2.75, 3.05) is 11.9 Å². The number of amides is 1. The quantitative estimate of drug-likeness (QED) is 0.745. The summed E-state index contributed by atoms with van der Waals surface area (Å²) in [5, 5.41) is 10.1. The highest BCUT2D eigenvalue weighted by Crippen LogP contribution is 2.25. The molecule has 1 aromatic heterocycles. The maximum Gasteiger partial charge on any atom is 0.224 e. The van der Waals surface area contributed by atoms with Gasteiger partial charge in [0.15, 0.2) is 5.16 Å². The van der Waals surface area contributed by atoms with Crippen molar-refractivity contribution in [3.8, 4) is 0 Å². The van der Waals surface area contributed by atoms with Gasteiger partial charge in [0.05, 0.1) is 0 Å². The number of nitrogens with two attached hydrogens (primary N) is 1. The lowest BCUT2D eigenvalue weighted by molar-refractivity contribution is -0.116. The van der Waals surface area contributed by atoms with Crippen molar-refractivity contribution in [3.05, 3.63) is 30.6 Å². The Kier molecular flexibility index (Phi) is 4.93. The molecule has 0 atom stereocenters. The highest BCUT2D eigenvalue weighted by Gasteiger charge is 2.03. The Morgan fingerprint density at radius 1 is 1.37 bits per heavy atom. The van der Waals surface area contributed by atoms with Gasteiger partial charge in [-0.15, -0.1) is 0 Å². The van der Waals surface area contributed by atoms with Gasteiger partial charge < -0.3 is 11.1 Å². The monoisotopic (exact) mass is 277 g/mol. The number of aromatic amines is 1. The first kappa shape index (κ1) is 13.6. The van der Waals surface area contributed by atoms with Gasteiger partial charge >= 0.3 is 0 Å². The van der Waals surface area contributed by atoms with Crippen LogP contribution >= 0.6 is 11.8 Å². The molecule has 0 fully saturated rings. The van der Waals surface area contributed by atoms with E-state index in [-0.39, 0.29) is 5.91 Å². The van der Waals surface area contributed by atoms with Crippen LogP contribution in [0.5, 0.6) is 0 Å². The van der Waals surface area contributed by atoms with Crippen molar-refractivity contribution in [1.82, 2.24) is 15.2 Å². The third-order valence-corrected chi connectivity index (χ3v) is 3.25. The topological polar surface area (TPSA) is 96.7 Å². The Balaban J connectivity index is 1.89. The van der Waals surface area contributed by atoms with E-state index in [9.17, 15) is 4.79 Å². The zero-order chi connectivity index (χ0) is 13.5. The molecule has 1 amide bonds. The van der Waals surface area contributed by atoms with Crippen molar-refractivity contribution < 1.29 is 4.79 Å². The Bertz CT molecular complexity index is 511. The first-order chi connectivity index (χ1) is 9.28. The summed E-state index contributed by atoms with van der Waals surface area (Å²) < 4.78 is 0. The molecule has 0 spiro atoms. The molecule has 0 saturated carbocycles. The number of carbonyl (C=O) groups is 1. The molecule has 1 heterocycles. The lowest BCUT2D eigenvalue weighted by atomic mass is 10.2. The normalized spacial score (nSPS) is 10.4. The van der Waals surface area contributed by atoms with E-state index in [1.165, 1.54) is 18.1 Å². The van der Waals surface area contributed by atoms with Crippen molar-refractivity contribution in [1.29, 1.82) is 0 Å². The number of nitrogens with one attached hydrogen (secondary N) is 2. The molecule has 1 aromatic carbocycles. The standard InChI is InChI=1S/C12H15N5OS/c13-7-1-2-11(18)16-9-3-5-10(6-4-9)19-12-14-8-15-17-12/h3-6,8H,1-2,7,13H2,(H,16,18)(H,14,15,17). The molecule has 0 unspecified atom stereocenters. The number of hydrogen-bond acceptors (Lipinski definition) is 5. The van der Waals surface area contributed by atoms with Crippen LogP contribution in [0.3, 0.4) is 0 Å². The van der Waals surface area contributed by atoms with Gasteiger partial charge in [-0.1, -0.05) is 11.8 Å².